The predicted octanol–water partition coefficient (Wildman–Crippen LogP) is 6.08. The van der Waals surface area contributed by atoms with E-state index in [2.05, 4.69) is 42.5 Å². The van der Waals surface area contributed by atoms with Crippen molar-refractivity contribution in [1.82, 2.24) is 4.98 Å². The van der Waals surface area contributed by atoms with Crippen molar-refractivity contribution >= 4 is 21.9 Å². The first-order valence-corrected chi connectivity index (χ1v) is 10.2. The van der Waals surface area contributed by atoms with Crippen LogP contribution in [-0.2, 0) is 12.8 Å². The van der Waals surface area contributed by atoms with Gasteiger partial charge >= 0.3 is 5.63 Å². The van der Waals surface area contributed by atoms with Crippen LogP contribution in [0.25, 0.3) is 44.3 Å². The van der Waals surface area contributed by atoms with Crippen LogP contribution in [0.15, 0.2) is 82.0 Å². The Morgan fingerprint density at radius 1 is 0.900 bits per heavy atom. The van der Waals surface area contributed by atoms with Gasteiger partial charge < -0.3 is 4.42 Å². The highest BCUT2D eigenvalue weighted by Crippen LogP contribution is 2.41. The summed E-state index contributed by atoms with van der Waals surface area (Å²) in [6.07, 6.45) is 1.79. The summed E-state index contributed by atoms with van der Waals surface area (Å²) < 4.78 is 5.76. The Morgan fingerprint density at radius 3 is 2.57 bits per heavy atom. The molecule has 30 heavy (non-hydrogen) atoms. The third-order valence-corrected chi connectivity index (χ3v) is 6.07. The van der Waals surface area contributed by atoms with Crippen molar-refractivity contribution in [3.8, 4) is 22.4 Å². The summed E-state index contributed by atoms with van der Waals surface area (Å²) in [5, 5.41) is 1.46. The van der Waals surface area contributed by atoms with Gasteiger partial charge in [-0.15, -0.1) is 0 Å². The lowest BCUT2D eigenvalue weighted by molar-refractivity contribution is 0.569. The first-order chi connectivity index (χ1) is 14.7. The summed E-state index contributed by atoms with van der Waals surface area (Å²) in [5.41, 5.74) is 8.65. The van der Waals surface area contributed by atoms with Crippen molar-refractivity contribution in [3.05, 3.63) is 99.9 Å². The summed E-state index contributed by atoms with van der Waals surface area (Å²) in [5.74, 6) is 0. The summed E-state index contributed by atoms with van der Waals surface area (Å²) in [7, 11) is 0. The lowest BCUT2D eigenvalue weighted by Crippen LogP contribution is -2.12. The average molecular weight is 389 g/mol. The van der Waals surface area contributed by atoms with Crippen LogP contribution >= 0.6 is 0 Å². The number of nitrogens with zero attached hydrogens (tertiary/aromatic N) is 1. The van der Waals surface area contributed by atoms with E-state index in [0.29, 0.717) is 11.0 Å². The number of aromatic nitrogens is 1. The fraction of sp³-hybridized carbons (Fsp3) is 0.111. The minimum atomic E-state index is -0.325. The van der Waals surface area contributed by atoms with Crippen molar-refractivity contribution in [3.63, 3.8) is 0 Å². The van der Waals surface area contributed by atoms with Crippen LogP contribution in [0.2, 0.25) is 0 Å². The normalized spacial score (nSPS) is 12.7. The molecule has 3 aromatic carbocycles. The zero-order valence-electron chi connectivity index (χ0n) is 16.6. The third-order valence-electron chi connectivity index (χ3n) is 6.07. The maximum Gasteiger partial charge on any atom is 0.346 e. The van der Waals surface area contributed by atoms with Gasteiger partial charge in [-0.1, -0.05) is 66.2 Å². The Labute approximate surface area is 173 Å². The van der Waals surface area contributed by atoms with Crippen molar-refractivity contribution < 1.29 is 4.42 Å². The molecule has 3 nitrogen and oxygen atoms in total. The fourth-order valence-electron chi connectivity index (χ4n) is 4.70. The second-order valence-electron chi connectivity index (χ2n) is 7.95. The average Bonchev–Trinajstić information content (AvgIpc) is 2.79. The molecule has 0 aliphatic heterocycles. The molecule has 0 fully saturated rings. The highest BCUT2D eigenvalue weighted by Gasteiger charge is 2.25. The zero-order valence-corrected chi connectivity index (χ0v) is 16.6. The molecule has 0 saturated carbocycles. The van der Waals surface area contributed by atoms with Crippen LogP contribution in [0.3, 0.4) is 0 Å². The first kappa shape index (κ1) is 17.2. The number of pyridine rings is 1. The minimum absolute atomic E-state index is 0.325. The Balaban J connectivity index is 1.87. The zero-order chi connectivity index (χ0) is 20.2. The monoisotopic (exact) mass is 389 g/mol. The van der Waals surface area contributed by atoms with Crippen LogP contribution in [-0.4, -0.2) is 4.98 Å². The Bertz CT molecular complexity index is 1510. The van der Waals surface area contributed by atoms with Gasteiger partial charge in [-0.3, -0.25) is 0 Å². The molecule has 5 aromatic rings. The van der Waals surface area contributed by atoms with Crippen molar-refractivity contribution in [2.24, 2.45) is 0 Å². The molecule has 3 heteroatoms. The van der Waals surface area contributed by atoms with Crippen LogP contribution in [0.4, 0.5) is 0 Å². The molecule has 1 aliphatic rings. The van der Waals surface area contributed by atoms with Gasteiger partial charge in [0, 0.05) is 16.5 Å². The van der Waals surface area contributed by atoms with Gasteiger partial charge in [-0.25, -0.2) is 9.78 Å². The molecule has 0 amide bonds. The van der Waals surface area contributed by atoms with E-state index in [1.54, 1.807) is 0 Å². The van der Waals surface area contributed by atoms with Crippen molar-refractivity contribution in [2.45, 2.75) is 19.8 Å². The smallest absolute Gasteiger partial charge is 0.346 e. The molecule has 0 N–H and O–H groups in total. The lowest BCUT2D eigenvalue weighted by atomic mass is 9.83. The van der Waals surface area contributed by atoms with Gasteiger partial charge in [-0.05, 0) is 48.6 Å². The number of fused-ring (bicyclic) bond motifs is 6. The largest absolute Gasteiger partial charge is 0.422 e. The van der Waals surface area contributed by atoms with E-state index in [1.165, 1.54) is 5.56 Å². The molecule has 1 aliphatic carbocycles. The van der Waals surface area contributed by atoms with E-state index in [9.17, 15) is 4.79 Å². The number of hydrogen-bond donors (Lipinski definition) is 0. The Kier molecular flexibility index (Phi) is 3.66. The second-order valence-corrected chi connectivity index (χ2v) is 7.95. The predicted molar refractivity (Wildman–Crippen MR) is 121 cm³/mol. The van der Waals surface area contributed by atoms with Crippen molar-refractivity contribution in [2.75, 3.05) is 0 Å². The summed E-state index contributed by atoms with van der Waals surface area (Å²) in [6.45, 7) is 2.04. The van der Waals surface area contributed by atoms with E-state index in [1.807, 2.05) is 37.3 Å². The molecular weight excluding hydrogens is 370 g/mol. The molecular formula is C27H19NO2. The molecule has 6 rings (SSSR count). The summed E-state index contributed by atoms with van der Waals surface area (Å²) in [4.78, 5) is 18.3. The molecule has 0 bridgehead atoms. The maximum atomic E-state index is 13.2. The molecule has 2 heterocycles. The van der Waals surface area contributed by atoms with Crippen LogP contribution < -0.4 is 5.63 Å². The molecule has 0 unspecified atom stereocenters. The van der Waals surface area contributed by atoms with E-state index in [0.717, 1.165) is 57.3 Å². The number of rotatable bonds is 1. The maximum absolute atomic E-state index is 13.2. The molecule has 0 atom stereocenters. The molecule has 0 spiro atoms. The van der Waals surface area contributed by atoms with Gasteiger partial charge in [0.25, 0.3) is 0 Å². The lowest BCUT2D eigenvalue weighted by Gasteiger charge is -2.23. The summed E-state index contributed by atoms with van der Waals surface area (Å²) >= 11 is 0. The molecule has 0 radical (unpaired) electrons. The third kappa shape index (κ3) is 2.45. The number of hydrogen-bond acceptors (Lipinski definition) is 3. The quantitative estimate of drug-likeness (QED) is 0.258. The van der Waals surface area contributed by atoms with E-state index in [4.69, 9.17) is 9.40 Å². The fourth-order valence-corrected chi connectivity index (χ4v) is 4.70. The van der Waals surface area contributed by atoms with Gasteiger partial charge in [0.05, 0.1) is 16.6 Å². The van der Waals surface area contributed by atoms with Crippen LogP contribution in [0, 0.1) is 6.92 Å². The standard InChI is InChI=1S/C27H19NO2/c1-16-11-14-22-21(15-16)26-24(27(29)30-22)23(18-8-3-2-4-9-18)20-13-12-17-7-5-6-10-19(17)25(20)28-26/h2-11,14-15H,12-13H2,1H3. The first-order valence-electron chi connectivity index (χ1n) is 10.2. The van der Waals surface area contributed by atoms with Gasteiger partial charge in [-0.2, -0.15) is 0 Å². The Morgan fingerprint density at radius 2 is 1.70 bits per heavy atom. The number of benzene rings is 3. The second kappa shape index (κ2) is 6.39. The summed E-state index contributed by atoms with van der Waals surface area (Å²) in [6, 6.07) is 24.5. The molecule has 2 aromatic heterocycles. The topological polar surface area (TPSA) is 43.1 Å². The minimum Gasteiger partial charge on any atom is -0.422 e. The number of aryl methyl sites for hydroxylation is 2. The molecule has 144 valence electrons. The van der Waals surface area contributed by atoms with E-state index in [-0.39, 0.29) is 5.63 Å². The highest BCUT2D eigenvalue weighted by atomic mass is 16.4. The van der Waals surface area contributed by atoms with Crippen LogP contribution in [0.5, 0.6) is 0 Å². The molecule has 0 saturated heterocycles. The van der Waals surface area contributed by atoms with Gasteiger partial charge in [0.15, 0.2) is 0 Å². The Hall–Kier alpha value is -3.72. The van der Waals surface area contributed by atoms with Gasteiger partial charge in [0.1, 0.15) is 5.58 Å². The van der Waals surface area contributed by atoms with Gasteiger partial charge in [0.2, 0.25) is 0 Å². The SMILES string of the molecule is Cc1ccc2oc(=O)c3c(-c4ccccc4)c4c(nc3c2c1)-c1ccccc1CC4. The highest BCUT2D eigenvalue weighted by molar-refractivity contribution is 6.09. The van der Waals surface area contributed by atoms with E-state index < -0.39 is 0 Å². The van der Waals surface area contributed by atoms with E-state index >= 15 is 0 Å². The van der Waals surface area contributed by atoms with Crippen molar-refractivity contribution in [1.29, 1.82) is 0 Å². The van der Waals surface area contributed by atoms with Crippen LogP contribution in [0.1, 0.15) is 16.7 Å².